The fraction of sp³-hybridized carbons (Fsp3) is 0.500. The maximum atomic E-state index is 11.8. The molecule has 106 valence electrons. The van der Waals surface area contributed by atoms with Crippen molar-refractivity contribution in [3.63, 3.8) is 0 Å². The quantitative estimate of drug-likeness (QED) is 0.676. The Bertz CT molecular complexity index is 433. The number of amides is 1. The Kier molecular flexibility index (Phi) is 5.79. The van der Waals surface area contributed by atoms with E-state index in [0.29, 0.717) is 24.3 Å². The first-order valence-corrected chi connectivity index (χ1v) is 6.41. The Morgan fingerprint density at radius 1 is 1.53 bits per heavy atom. The lowest BCUT2D eigenvalue weighted by Crippen LogP contribution is -2.32. The molecule has 0 bridgehead atoms. The number of nitrogen functional groups attached to an aromatic ring is 1. The predicted molar refractivity (Wildman–Crippen MR) is 78.0 cm³/mol. The van der Waals surface area contributed by atoms with Gasteiger partial charge in [-0.3, -0.25) is 9.69 Å². The largest absolute Gasteiger partial charge is 0.397 e. The molecule has 0 radical (unpaired) electrons. The molecule has 19 heavy (non-hydrogen) atoms. The number of aliphatic hydroxyl groups is 1. The molecule has 1 aromatic rings. The molecule has 1 amide bonds. The number of carbonyl (C=O) groups is 1. The van der Waals surface area contributed by atoms with Gasteiger partial charge in [-0.15, -0.1) is 0 Å². The standard InChI is InChI=1S/C14H23N3O2/c1-10-4-5-13(12(15)8-10)16-14(19)9-17(3)7-6-11(2)18/h4-5,8,11,18H,6-7,9,15H2,1-3H3,(H,16,19). The molecule has 1 atom stereocenters. The first-order valence-electron chi connectivity index (χ1n) is 6.41. The second-order valence-electron chi connectivity index (χ2n) is 5.01. The van der Waals surface area contributed by atoms with E-state index in [1.165, 1.54) is 0 Å². The summed E-state index contributed by atoms with van der Waals surface area (Å²) < 4.78 is 0. The summed E-state index contributed by atoms with van der Waals surface area (Å²) in [7, 11) is 1.85. The third-order valence-corrected chi connectivity index (χ3v) is 2.82. The van der Waals surface area contributed by atoms with Crippen molar-refractivity contribution in [1.29, 1.82) is 0 Å². The summed E-state index contributed by atoms with van der Waals surface area (Å²) in [5.41, 5.74) is 8.11. The van der Waals surface area contributed by atoms with Crippen molar-refractivity contribution < 1.29 is 9.90 Å². The zero-order chi connectivity index (χ0) is 14.4. The summed E-state index contributed by atoms with van der Waals surface area (Å²) in [4.78, 5) is 13.7. The number of aliphatic hydroxyl groups excluding tert-OH is 1. The smallest absolute Gasteiger partial charge is 0.238 e. The Hall–Kier alpha value is -1.59. The van der Waals surface area contributed by atoms with Crippen LogP contribution in [0.25, 0.3) is 0 Å². The van der Waals surface area contributed by atoms with Crippen LogP contribution in [0.1, 0.15) is 18.9 Å². The highest BCUT2D eigenvalue weighted by Gasteiger charge is 2.09. The fourth-order valence-electron chi connectivity index (χ4n) is 1.72. The van der Waals surface area contributed by atoms with Crippen LogP contribution in [0.4, 0.5) is 11.4 Å². The molecule has 0 heterocycles. The second kappa shape index (κ2) is 7.11. The molecule has 0 aliphatic carbocycles. The Labute approximate surface area is 114 Å². The minimum Gasteiger partial charge on any atom is -0.397 e. The van der Waals surface area contributed by atoms with Gasteiger partial charge in [-0.1, -0.05) is 6.07 Å². The summed E-state index contributed by atoms with van der Waals surface area (Å²) in [6, 6.07) is 5.54. The Morgan fingerprint density at radius 2 is 2.21 bits per heavy atom. The fourth-order valence-corrected chi connectivity index (χ4v) is 1.72. The Balaban J connectivity index is 2.46. The van der Waals surface area contributed by atoms with Crippen LogP contribution in [0.2, 0.25) is 0 Å². The number of nitrogens with zero attached hydrogens (tertiary/aromatic N) is 1. The highest BCUT2D eigenvalue weighted by molar-refractivity contribution is 5.95. The van der Waals surface area contributed by atoms with Gasteiger partial charge in [-0.2, -0.15) is 0 Å². The summed E-state index contributed by atoms with van der Waals surface area (Å²) in [5.74, 6) is -0.108. The molecule has 0 spiro atoms. The number of nitrogens with one attached hydrogen (secondary N) is 1. The van der Waals surface area contributed by atoms with Crippen LogP contribution in [0.3, 0.4) is 0 Å². The lowest BCUT2D eigenvalue weighted by Gasteiger charge is -2.17. The van der Waals surface area contributed by atoms with Crippen molar-refractivity contribution in [2.24, 2.45) is 0 Å². The molecule has 0 saturated heterocycles. The molecule has 4 N–H and O–H groups in total. The molecule has 5 nitrogen and oxygen atoms in total. The number of carbonyl (C=O) groups excluding carboxylic acids is 1. The van der Waals surface area contributed by atoms with Crippen molar-refractivity contribution in [2.45, 2.75) is 26.4 Å². The molecule has 1 rings (SSSR count). The van der Waals surface area contributed by atoms with Crippen molar-refractivity contribution in [3.05, 3.63) is 23.8 Å². The number of anilines is 2. The molecule has 0 aliphatic heterocycles. The molecule has 0 fully saturated rings. The zero-order valence-corrected chi connectivity index (χ0v) is 11.8. The van der Waals surface area contributed by atoms with Gasteiger partial charge in [-0.05, 0) is 45.0 Å². The van der Waals surface area contributed by atoms with E-state index in [-0.39, 0.29) is 18.6 Å². The van der Waals surface area contributed by atoms with Crippen LogP contribution < -0.4 is 11.1 Å². The number of aryl methyl sites for hydroxylation is 1. The monoisotopic (exact) mass is 265 g/mol. The molecule has 0 aliphatic rings. The van der Waals surface area contributed by atoms with Gasteiger partial charge in [0.1, 0.15) is 0 Å². The molecule has 0 aromatic heterocycles. The lowest BCUT2D eigenvalue weighted by atomic mass is 10.2. The first kappa shape index (κ1) is 15.5. The number of likely N-dealkylation sites (N-methyl/N-ethyl adjacent to an activating group) is 1. The van der Waals surface area contributed by atoms with E-state index in [1.54, 1.807) is 13.0 Å². The SMILES string of the molecule is Cc1ccc(NC(=O)CN(C)CCC(C)O)c(N)c1. The topological polar surface area (TPSA) is 78.6 Å². The molecule has 1 unspecified atom stereocenters. The molecule has 1 aromatic carbocycles. The van der Waals surface area contributed by atoms with E-state index in [4.69, 9.17) is 5.73 Å². The number of nitrogens with two attached hydrogens (primary N) is 1. The number of benzene rings is 1. The average molecular weight is 265 g/mol. The number of hydrogen-bond donors (Lipinski definition) is 3. The average Bonchev–Trinajstić information content (AvgIpc) is 2.30. The van der Waals surface area contributed by atoms with Crippen molar-refractivity contribution in [2.75, 3.05) is 31.2 Å². The van der Waals surface area contributed by atoms with Gasteiger partial charge < -0.3 is 16.2 Å². The molecular weight excluding hydrogens is 242 g/mol. The van der Waals surface area contributed by atoms with Crippen LogP contribution in [-0.4, -0.2) is 42.2 Å². The van der Waals surface area contributed by atoms with Crippen LogP contribution in [0.15, 0.2) is 18.2 Å². The highest BCUT2D eigenvalue weighted by Crippen LogP contribution is 2.19. The van der Waals surface area contributed by atoms with Crippen molar-refractivity contribution in [1.82, 2.24) is 4.90 Å². The Morgan fingerprint density at radius 3 is 2.79 bits per heavy atom. The van der Waals surface area contributed by atoms with Crippen LogP contribution in [-0.2, 0) is 4.79 Å². The summed E-state index contributed by atoms with van der Waals surface area (Å²) >= 11 is 0. The summed E-state index contributed by atoms with van der Waals surface area (Å²) in [5, 5.41) is 12.0. The maximum Gasteiger partial charge on any atom is 0.238 e. The van der Waals surface area contributed by atoms with Gasteiger partial charge in [0.15, 0.2) is 0 Å². The van der Waals surface area contributed by atoms with Crippen LogP contribution in [0.5, 0.6) is 0 Å². The third-order valence-electron chi connectivity index (χ3n) is 2.82. The van der Waals surface area contributed by atoms with Gasteiger partial charge in [-0.25, -0.2) is 0 Å². The van der Waals surface area contributed by atoms with Gasteiger partial charge in [0.25, 0.3) is 0 Å². The van der Waals surface area contributed by atoms with Gasteiger partial charge in [0, 0.05) is 6.54 Å². The van der Waals surface area contributed by atoms with Gasteiger partial charge in [0.2, 0.25) is 5.91 Å². The maximum absolute atomic E-state index is 11.8. The van der Waals surface area contributed by atoms with E-state index in [0.717, 1.165) is 5.56 Å². The van der Waals surface area contributed by atoms with E-state index in [1.807, 2.05) is 31.0 Å². The van der Waals surface area contributed by atoms with Crippen LogP contribution in [0, 0.1) is 6.92 Å². The lowest BCUT2D eigenvalue weighted by molar-refractivity contribution is -0.117. The van der Waals surface area contributed by atoms with Gasteiger partial charge >= 0.3 is 0 Å². The zero-order valence-electron chi connectivity index (χ0n) is 11.8. The van der Waals surface area contributed by atoms with Gasteiger partial charge in [0.05, 0.1) is 24.0 Å². The highest BCUT2D eigenvalue weighted by atomic mass is 16.3. The van der Waals surface area contributed by atoms with E-state index in [9.17, 15) is 9.90 Å². The number of hydrogen-bond acceptors (Lipinski definition) is 4. The molecule has 0 saturated carbocycles. The second-order valence-corrected chi connectivity index (χ2v) is 5.01. The summed E-state index contributed by atoms with van der Waals surface area (Å²) in [6.45, 7) is 4.64. The molecular formula is C14H23N3O2. The number of rotatable bonds is 6. The van der Waals surface area contributed by atoms with E-state index >= 15 is 0 Å². The summed E-state index contributed by atoms with van der Waals surface area (Å²) in [6.07, 6.45) is 0.300. The predicted octanol–water partition coefficient (Wildman–Crippen LogP) is 1.22. The van der Waals surface area contributed by atoms with Crippen molar-refractivity contribution >= 4 is 17.3 Å². The minimum absolute atomic E-state index is 0.108. The first-order chi connectivity index (χ1) is 8.88. The minimum atomic E-state index is -0.349. The van der Waals surface area contributed by atoms with E-state index in [2.05, 4.69) is 5.32 Å². The van der Waals surface area contributed by atoms with Crippen molar-refractivity contribution in [3.8, 4) is 0 Å². The normalized spacial score (nSPS) is 12.5. The van der Waals surface area contributed by atoms with E-state index < -0.39 is 0 Å². The molecule has 5 heteroatoms. The van der Waals surface area contributed by atoms with Crippen LogP contribution >= 0.6 is 0 Å². The third kappa shape index (κ3) is 5.72.